The van der Waals surface area contributed by atoms with E-state index in [1.807, 2.05) is 0 Å². The molecule has 2 aromatic rings. The number of benzene rings is 2. The molecule has 0 N–H and O–H groups in total. The molecule has 0 bridgehead atoms. The Morgan fingerprint density at radius 2 is 1.35 bits per heavy atom. The summed E-state index contributed by atoms with van der Waals surface area (Å²) >= 11 is 12.0. The summed E-state index contributed by atoms with van der Waals surface area (Å²) in [5, 5.41) is -0.348. The minimum absolute atomic E-state index is 0.0256. The highest BCUT2D eigenvalue weighted by Gasteiger charge is 2.37. The molecule has 1 nitrogen and oxygen atoms in total. The molecule has 0 saturated carbocycles. The summed E-state index contributed by atoms with van der Waals surface area (Å²) < 4.78 is 77.6. The summed E-state index contributed by atoms with van der Waals surface area (Å²) in [5.74, 6) is 0. The molecule has 2 rings (SSSR count). The van der Waals surface area contributed by atoms with Crippen LogP contribution in [0, 0.1) is 13.8 Å². The zero-order chi connectivity index (χ0) is 19.9. The fraction of sp³-hybridized carbons (Fsp3) is 0.235. The molecule has 9 heteroatoms. The first-order valence-electron chi connectivity index (χ1n) is 7.10. The van der Waals surface area contributed by atoms with Crippen LogP contribution in [0.1, 0.15) is 27.8 Å². The minimum atomic E-state index is -4.97. The Bertz CT molecular complexity index is 813. The molecule has 0 aliphatic heterocycles. The first-order valence-corrected chi connectivity index (χ1v) is 7.85. The molecule has 0 heterocycles. The second-order valence-corrected chi connectivity index (χ2v) is 6.37. The number of rotatable bonds is 2. The topological polar surface area (TPSA) is 12.4 Å². The summed E-state index contributed by atoms with van der Waals surface area (Å²) in [6.07, 6.45) is -9.94. The Morgan fingerprint density at radius 1 is 0.846 bits per heavy atom. The number of alkyl halides is 6. The van der Waals surface area contributed by atoms with Gasteiger partial charge in [-0.25, -0.2) is 4.99 Å². The van der Waals surface area contributed by atoms with Crippen LogP contribution in [0.25, 0.3) is 0 Å². The maximum atomic E-state index is 12.9. The highest BCUT2D eigenvalue weighted by molar-refractivity contribution is 6.70. The van der Waals surface area contributed by atoms with Gasteiger partial charge < -0.3 is 0 Å². The van der Waals surface area contributed by atoms with Gasteiger partial charge in [-0.15, -0.1) is 0 Å². The van der Waals surface area contributed by atoms with Gasteiger partial charge in [0.15, 0.2) is 0 Å². The van der Waals surface area contributed by atoms with Crippen molar-refractivity contribution in [2.24, 2.45) is 4.99 Å². The van der Waals surface area contributed by atoms with Gasteiger partial charge in [0.2, 0.25) is 0 Å². The van der Waals surface area contributed by atoms with Gasteiger partial charge in [0, 0.05) is 5.56 Å². The molecule has 0 fully saturated rings. The third-order valence-corrected chi connectivity index (χ3v) is 4.03. The maximum absolute atomic E-state index is 12.9. The van der Waals surface area contributed by atoms with Crippen LogP contribution in [0.15, 0.2) is 35.3 Å². The van der Waals surface area contributed by atoms with Gasteiger partial charge in [0.1, 0.15) is 5.17 Å². The molecule has 0 radical (unpaired) electrons. The normalized spacial score (nSPS) is 13.2. The van der Waals surface area contributed by atoms with Gasteiger partial charge in [0.25, 0.3) is 0 Å². The van der Waals surface area contributed by atoms with Crippen molar-refractivity contribution >= 4 is 34.1 Å². The average Bonchev–Trinajstić information content (AvgIpc) is 2.48. The van der Waals surface area contributed by atoms with Crippen molar-refractivity contribution in [3.63, 3.8) is 0 Å². The monoisotopic (exact) mass is 413 g/mol. The molecular formula is C17H11Cl2F6N. The lowest BCUT2D eigenvalue weighted by Crippen LogP contribution is -2.12. The van der Waals surface area contributed by atoms with Gasteiger partial charge >= 0.3 is 12.4 Å². The van der Waals surface area contributed by atoms with E-state index in [-0.39, 0.29) is 16.8 Å². The Morgan fingerprint density at radius 3 is 1.77 bits per heavy atom. The zero-order valence-electron chi connectivity index (χ0n) is 13.4. The predicted octanol–water partition coefficient (Wildman–Crippen LogP) is 7.31. The molecule has 0 aromatic heterocycles. The van der Waals surface area contributed by atoms with Crippen molar-refractivity contribution in [2.75, 3.05) is 0 Å². The predicted molar refractivity (Wildman–Crippen MR) is 89.4 cm³/mol. The molecule has 0 aliphatic rings. The Hall–Kier alpha value is -1.73. The van der Waals surface area contributed by atoms with Crippen molar-refractivity contribution in [2.45, 2.75) is 26.2 Å². The lowest BCUT2D eigenvalue weighted by atomic mass is 10.0. The van der Waals surface area contributed by atoms with Gasteiger partial charge in [-0.05, 0) is 49.2 Å². The number of halogens is 8. The van der Waals surface area contributed by atoms with Crippen LogP contribution < -0.4 is 0 Å². The lowest BCUT2D eigenvalue weighted by molar-refractivity contribution is -0.143. The van der Waals surface area contributed by atoms with Crippen molar-refractivity contribution in [1.82, 2.24) is 0 Å². The van der Waals surface area contributed by atoms with Crippen molar-refractivity contribution in [1.29, 1.82) is 0 Å². The molecule has 0 amide bonds. The lowest BCUT2D eigenvalue weighted by Gasteiger charge is -2.14. The van der Waals surface area contributed by atoms with E-state index >= 15 is 0 Å². The first-order chi connectivity index (χ1) is 11.8. The van der Waals surface area contributed by atoms with Crippen LogP contribution in [-0.2, 0) is 12.4 Å². The fourth-order valence-electron chi connectivity index (χ4n) is 2.29. The highest BCUT2D eigenvalue weighted by Crippen LogP contribution is 2.37. The molecule has 26 heavy (non-hydrogen) atoms. The van der Waals surface area contributed by atoms with Gasteiger partial charge in [-0.1, -0.05) is 29.3 Å². The third-order valence-electron chi connectivity index (χ3n) is 3.43. The second kappa shape index (κ2) is 7.12. The zero-order valence-corrected chi connectivity index (χ0v) is 14.9. The van der Waals surface area contributed by atoms with Crippen LogP contribution >= 0.6 is 23.2 Å². The minimum Gasteiger partial charge on any atom is -0.234 e. The van der Waals surface area contributed by atoms with Gasteiger partial charge in [-0.3, -0.25) is 0 Å². The molecular weight excluding hydrogens is 403 g/mol. The number of nitrogens with zero attached hydrogens (tertiary/aromatic N) is 1. The van der Waals surface area contributed by atoms with Gasteiger partial charge in [0.05, 0.1) is 21.8 Å². The quantitative estimate of drug-likeness (QED) is 0.361. The number of aryl methyl sites for hydroxylation is 2. The molecule has 0 spiro atoms. The molecule has 140 valence electrons. The largest absolute Gasteiger partial charge is 0.416 e. The average molecular weight is 414 g/mol. The van der Waals surface area contributed by atoms with E-state index in [2.05, 4.69) is 4.99 Å². The second-order valence-electron chi connectivity index (χ2n) is 5.61. The molecule has 0 atom stereocenters. The standard InChI is InChI=1S/C17H11Cl2F6N/c1-8-3-9(2)14(13(18)4-8)26-15(19)10-5-11(16(20,21)22)7-12(6-10)17(23,24)25/h3-7H,1-2H3. The SMILES string of the molecule is Cc1cc(C)c(N=C(Cl)c2cc(C(F)(F)F)cc(C(F)(F)F)c2)c(Cl)c1. The van der Waals surface area contributed by atoms with E-state index in [0.717, 1.165) is 5.56 Å². The van der Waals surface area contributed by atoms with E-state index in [1.54, 1.807) is 26.0 Å². The third kappa shape index (κ3) is 4.71. The van der Waals surface area contributed by atoms with Crippen molar-refractivity contribution in [3.05, 3.63) is 63.2 Å². The van der Waals surface area contributed by atoms with Gasteiger partial charge in [-0.2, -0.15) is 26.3 Å². The van der Waals surface area contributed by atoms with Crippen molar-refractivity contribution < 1.29 is 26.3 Å². The fourth-order valence-corrected chi connectivity index (χ4v) is 2.84. The number of aliphatic imine (C=N–C) groups is 1. The molecule has 0 unspecified atom stereocenters. The van der Waals surface area contributed by atoms with Crippen molar-refractivity contribution in [3.8, 4) is 0 Å². The molecule has 0 saturated heterocycles. The summed E-state index contributed by atoms with van der Waals surface area (Å²) in [4.78, 5) is 3.93. The van der Waals surface area contributed by atoms with E-state index in [4.69, 9.17) is 23.2 Å². The summed E-state index contributed by atoms with van der Waals surface area (Å²) in [6, 6.07) is 4.32. The number of hydrogen-bond donors (Lipinski definition) is 0. The highest BCUT2D eigenvalue weighted by atomic mass is 35.5. The summed E-state index contributed by atoms with van der Waals surface area (Å²) in [5.41, 5.74) is -1.87. The summed E-state index contributed by atoms with van der Waals surface area (Å²) in [6.45, 7) is 3.42. The van der Waals surface area contributed by atoms with E-state index in [9.17, 15) is 26.3 Å². The van der Waals surface area contributed by atoms with Crippen LogP contribution in [0.3, 0.4) is 0 Å². The smallest absolute Gasteiger partial charge is 0.234 e. The number of hydrogen-bond acceptors (Lipinski definition) is 1. The van der Waals surface area contributed by atoms with Crippen LogP contribution in [0.2, 0.25) is 5.02 Å². The van der Waals surface area contributed by atoms with E-state index < -0.39 is 34.2 Å². The Balaban J connectivity index is 2.64. The maximum Gasteiger partial charge on any atom is 0.416 e. The van der Waals surface area contributed by atoms with E-state index in [1.165, 1.54) is 0 Å². The molecule has 2 aromatic carbocycles. The van der Waals surface area contributed by atoms with Crippen LogP contribution in [0.4, 0.5) is 32.0 Å². The van der Waals surface area contributed by atoms with Crippen LogP contribution in [0.5, 0.6) is 0 Å². The van der Waals surface area contributed by atoms with Crippen LogP contribution in [-0.4, -0.2) is 5.17 Å². The Labute approximate surface area is 155 Å². The Kier molecular flexibility index (Phi) is 5.63. The molecule has 0 aliphatic carbocycles. The first kappa shape index (κ1) is 20.6. The van der Waals surface area contributed by atoms with E-state index in [0.29, 0.717) is 17.7 Å². The summed E-state index contributed by atoms with van der Waals surface area (Å²) in [7, 11) is 0.